The SMILES string of the molecule is C=CC(=O)N(CC)CC(=O)NCC1CCCCCC1. The van der Waals surface area contributed by atoms with Crippen LogP contribution in [0.25, 0.3) is 0 Å². The van der Waals surface area contributed by atoms with E-state index in [1.807, 2.05) is 6.92 Å². The van der Waals surface area contributed by atoms with Gasteiger partial charge in [0.15, 0.2) is 0 Å². The van der Waals surface area contributed by atoms with Crippen molar-refractivity contribution in [1.82, 2.24) is 10.2 Å². The molecule has 0 radical (unpaired) electrons. The smallest absolute Gasteiger partial charge is 0.246 e. The Balaban J connectivity index is 2.29. The Morgan fingerprint density at radius 2 is 1.89 bits per heavy atom. The van der Waals surface area contributed by atoms with Gasteiger partial charge < -0.3 is 10.2 Å². The zero-order valence-corrected chi connectivity index (χ0v) is 12.0. The van der Waals surface area contributed by atoms with Crippen LogP contribution < -0.4 is 5.32 Å². The lowest BCUT2D eigenvalue weighted by Crippen LogP contribution is -2.41. The number of amides is 2. The highest BCUT2D eigenvalue weighted by Crippen LogP contribution is 2.21. The molecule has 0 aromatic carbocycles. The molecular formula is C15H26N2O2. The first kappa shape index (κ1) is 15.7. The molecule has 2 amide bonds. The summed E-state index contributed by atoms with van der Waals surface area (Å²) in [5.74, 6) is 0.352. The second-order valence-corrected chi connectivity index (χ2v) is 5.22. The van der Waals surface area contributed by atoms with Gasteiger partial charge in [-0.15, -0.1) is 0 Å². The number of hydrogen-bond donors (Lipinski definition) is 1. The van der Waals surface area contributed by atoms with Gasteiger partial charge in [0.1, 0.15) is 0 Å². The van der Waals surface area contributed by atoms with Crippen LogP contribution in [0, 0.1) is 5.92 Å². The first-order valence-electron chi connectivity index (χ1n) is 7.35. The van der Waals surface area contributed by atoms with Crippen LogP contribution >= 0.6 is 0 Å². The highest BCUT2D eigenvalue weighted by Gasteiger charge is 2.15. The van der Waals surface area contributed by atoms with Gasteiger partial charge in [-0.2, -0.15) is 0 Å². The van der Waals surface area contributed by atoms with Crippen molar-refractivity contribution in [3.8, 4) is 0 Å². The molecular weight excluding hydrogens is 240 g/mol. The second kappa shape index (κ2) is 8.73. The van der Waals surface area contributed by atoms with E-state index in [0.717, 1.165) is 6.54 Å². The molecule has 1 rings (SSSR count). The molecule has 0 saturated heterocycles. The third kappa shape index (κ3) is 5.90. The first-order valence-corrected chi connectivity index (χ1v) is 7.35. The van der Waals surface area contributed by atoms with Crippen LogP contribution in [0.2, 0.25) is 0 Å². The number of rotatable bonds is 6. The first-order chi connectivity index (χ1) is 9.17. The van der Waals surface area contributed by atoms with E-state index in [0.29, 0.717) is 12.5 Å². The predicted octanol–water partition coefficient (Wildman–Crippen LogP) is 2.11. The summed E-state index contributed by atoms with van der Waals surface area (Å²) >= 11 is 0. The van der Waals surface area contributed by atoms with Crippen LogP contribution in [0.1, 0.15) is 45.4 Å². The highest BCUT2D eigenvalue weighted by molar-refractivity contribution is 5.90. The minimum absolute atomic E-state index is 0.0682. The van der Waals surface area contributed by atoms with Gasteiger partial charge in [-0.25, -0.2) is 0 Å². The van der Waals surface area contributed by atoms with Gasteiger partial charge >= 0.3 is 0 Å². The summed E-state index contributed by atoms with van der Waals surface area (Å²) in [4.78, 5) is 24.8. The maximum atomic E-state index is 11.8. The Kier molecular flexibility index (Phi) is 7.23. The molecule has 108 valence electrons. The number of likely N-dealkylation sites (N-methyl/N-ethyl adjacent to an activating group) is 1. The largest absolute Gasteiger partial charge is 0.354 e. The summed E-state index contributed by atoms with van der Waals surface area (Å²) in [5.41, 5.74) is 0. The number of nitrogens with zero attached hydrogens (tertiary/aromatic N) is 1. The maximum absolute atomic E-state index is 11.8. The lowest BCUT2D eigenvalue weighted by atomic mass is 10.0. The summed E-state index contributed by atoms with van der Waals surface area (Å²) in [7, 11) is 0. The molecule has 1 fully saturated rings. The predicted molar refractivity (Wildman–Crippen MR) is 76.7 cm³/mol. The van der Waals surface area contributed by atoms with Crippen molar-refractivity contribution in [2.45, 2.75) is 45.4 Å². The molecule has 1 aliphatic rings. The molecule has 0 atom stereocenters. The average Bonchev–Trinajstić information content (AvgIpc) is 2.70. The zero-order chi connectivity index (χ0) is 14.1. The van der Waals surface area contributed by atoms with Crippen LogP contribution in [0.15, 0.2) is 12.7 Å². The zero-order valence-electron chi connectivity index (χ0n) is 12.0. The lowest BCUT2D eigenvalue weighted by molar-refractivity contribution is -0.132. The maximum Gasteiger partial charge on any atom is 0.246 e. The summed E-state index contributed by atoms with van der Waals surface area (Å²) < 4.78 is 0. The topological polar surface area (TPSA) is 49.4 Å². The minimum Gasteiger partial charge on any atom is -0.354 e. The number of carbonyl (C=O) groups excluding carboxylic acids is 2. The molecule has 1 aliphatic carbocycles. The van der Waals surface area contributed by atoms with E-state index in [-0.39, 0.29) is 18.4 Å². The third-order valence-corrected chi connectivity index (χ3v) is 3.77. The summed E-state index contributed by atoms with van der Waals surface area (Å²) in [6.07, 6.45) is 8.87. The normalized spacial score (nSPS) is 16.5. The van der Waals surface area contributed by atoms with Crippen molar-refractivity contribution >= 4 is 11.8 Å². The molecule has 4 nitrogen and oxygen atoms in total. The van der Waals surface area contributed by atoms with Gasteiger partial charge in [-0.1, -0.05) is 32.3 Å². The van der Waals surface area contributed by atoms with Crippen molar-refractivity contribution in [1.29, 1.82) is 0 Å². The van der Waals surface area contributed by atoms with Crippen molar-refractivity contribution in [2.75, 3.05) is 19.6 Å². The van der Waals surface area contributed by atoms with E-state index in [4.69, 9.17) is 0 Å². The molecule has 0 aliphatic heterocycles. The summed E-state index contributed by atoms with van der Waals surface area (Å²) in [5, 5.41) is 2.96. The molecule has 1 N–H and O–H groups in total. The van der Waals surface area contributed by atoms with Crippen molar-refractivity contribution in [3.05, 3.63) is 12.7 Å². The van der Waals surface area contributed by atoms with Gasteiger partial charge in [0, 0.05) is 13.1 Å². The van der Waals surface area contributed by atoms with Crippen LogP contribution in [0.4, 0.5) is 0 Å². The Labute approximate surface area is 116 Å². The minimum atomic E-state index is -0.188. The Hall–Kier alpha value is -1.32. The summed E-state index contributed by atoms with van der Waals surface area (Å²) in [6.45, 7) is 6.72. The fourth-order valence-electron chi connectivity index (χ4n) is 2.53. The van der Waals surface area contributed by atoms with Gasteiger partial charge in [0.2, 0.25) is 11.8 Å². The molecule has 0 unspecified atom stereocenters. The average molecular weight is 266 g/mol. The van der Waals surface area contributed by atoms with E-state index >= 15 is 0 Å². The molecule has 1 saturated carbocycles. The monoisotopic (exact) mass is 266 g/mol. The molecule has 4 heteroatoms. The van der Waals surface area contributed by atoms with E-state index < -0.39 is 0 Å². The quantitative estimate of drug-likeness (QED) is 0.591. The molecule has 0 spiro atoms. The molecule has 0 heterocycles. The van der Waals surface area contributed by atoms with Crippen LogP contribution in [0.5, 0.6) is 0 Å². The van der Waals surface area contributed by atoms with E-state index in [2.05, 4.69) is 11.9 Å². The van der Waals surface area contributed by atoms with Crippen molar-refractivity contribution < 1.29 is 9.59 Å². The van der Waals surface area contributed by atoms with E-state index in [9.17, 15) is 9.59 Å². The van der Waals surface area contributed by atoms with E-state index in [1.165, 1.54) is 49.5 Å². The van der Waals surface area contributed by atoms with Gasteiger partial charge in [-0.05, 0) is 31.8 Å². The van der Waals surface area contributed by atoms with Crippen molar-refractivity contribution in [3.63, 3.8) is 0 Å². The van der Waals surface area contributed by atoms with Gasteiger partial charge in [0.25, 0.3) is 0 Å². The Morgan fingerprint density at radius 1 is 1.26 bits per heavy atom. The van der Waals surface area contributed by atoms with Crippen LogP contribution in [-0.4, -0.2) is 36.3 Å². The Morgan fingerprint density at radius 3 is 2.42 bits per heavy atom. The number of carbonyl (C=O) groups is 2. The van der Waals surface area contributed by atoms with Crippen LogP contribution in [0.3, 0.4) is 0 Å². The Bertz CT molecular complexity index is 307. The van der Waals surface area contributed by atoms with E-state index in [1.54, 1.807) is 0 Å². The second-order valence-electron chi connectivity index (χ2n) is 5.22. The van der Waals surface area contributed by atoms with Crippen LogP contribution in [-0.2, 0) is 9.59 Å². The molecule has 0 aromatic rings. The number of hydrogen-bond acceptors (Lipinski definition) is 2. The number of nitrogens with one attached hydrogen (secondary N) is 1. The fraction of sp³-hybridized carbons (Fsp3) is 0.733. The standard InChI is InChI=1S/C15H26N2O2/c1-3-15(19)17(4-2)12-14(18)16-11-13-9-7-5-6-8-10-13/h3,13H,1,4-12H2,2H3,(H,16,18). The fourth-order valence-corrected chi connectivity index (χ4v) is 2.53. The highest BCUT2D eigenvalue weighted by atomic mass is 16.2. The molecule has 0 aromatic heterocycles. The third-order valence-electron chi connectivity index (χ3n) is 3.77. The van der Waals surface area contributed by atoms with Gasteiger partial charge in [-0.3, -0.25) is 9.59 Å². The summed E-state index contributed by atoms with van der Waals surface area (Å²) in [6, 6.07) is 0. The van der Waals surface area contributed by atoms with Gasteiger partial charge in [0.05, 0.1) is 6.54 Å². The molecule has 19 heavy (non-hydrogen) atoms. The lowest BCUT2D eigenvalue weighted by Gasteiger charge is -2.20. The molecule has 0 bridgehead atoms. The van der Waals surface area contributed by atoms with Crippen molar-refractivity contribution in [2.24, 2.45) is 5.92 Å².